The number of hydrogen-bond donors (Lipinski definition) is 1. The fraction of sp³-hybridized carbons (Fsp3) is 0.250. The highest BCUT2D eigenvalue weighted by molar-refractivity contribution is 5.64. The zero-order valence-corrected chi connectivity index (χ0v) is 10.9. The highest BCUT2D eigenvalue weighted by Gasteiger charge is 2.08. The number of anilines is 2. The van der Waals surface area contributed by atoms with Crippen molar-refractivity contribution in [1.82, 2.24) is 0 Å². The van der Waals surface area contributed by atoms with Crippen molar-refractivity contribution in [3.63, 3.8) is 0 Å². The Morgan fingerprint density at radius 3 is 2.28 bits per heavy atom. The van der Waals surface area contributed by atoms with Gasteiger partial charge in [-0.3, -0.25) is 0 Å². The first kappa shape index (κ1) is 12.7. The molecule has 2 rings (SSSR count). The van der Waals surface area contributed by atoms with Crippen molar-refractivity contribution in [2.24, 2.45) is 0 Å². The molecule has 0 aliphatic rings. The molecule has 0 bridgehead atoms. The number of rotatable bonds is 4. The molecular weight excluding hydrogens is 222 g/mol. The van der Waals surface area contributed by atoms with Crippen molar-refractivity contribution in [3.05, 3.63) is 59.7 Å². The maximum absolute atomic E-state index is 9.21. The maximum atomic E-state index is 9.21. The lowest BCUT2D eigenvalue weighted by molar-refractivity contribution is 0.281. The first-order chi connectivity index (χ1) is 8.76. The van der Waals surface area contributed by atoms with Gasteiger partial charge in [0, 0.05) is 17.9 Å². The standard InChI is InChI=1S/C16H19NO/c1-3-17(15-7-5-4-6-8-15)16-10-9-14(12-18)13(2)11-16/h4-11,18H,3,12H2,1-2H3. The summed E-state index contributed by atoms with van der Waals surface area (Å²) in [7, 11) is 0. The summed E-state index contributed by atoms with van der Waals surface area (Å²) in [6.07, 6.45) is 0. The summed E-state index contributed by atoms with van der Waals surface area (Å²) in [5.41, 5.74) is 4.47. The molecule has 0 unspecified atom stereocenters. The quantitative estimate of drug-likeness (QED) is 0.883. The van der Waals surface area contributed by atoms with Gasteiger partial charge in [0.15, 0.2) is 0 Å². The lowest BCUT2D eigenvalue weighted by atomic mass is 10.1. The topological polar surface area (TPSA) is 23.5 Å². The predicted octanol–water partition coefficient (Wildman–Crippen LogP) is 3.65. The largest absolute Gasteiger partial charge is 0.392 e. The minimum Gasteiger partial charge on any atom is -0.392 e. The second-order valence-corrected chi connectivity index (χ2v) is 4.35. The molecule has 18 heavy (non-hydrogen) atoms. The Kier molecular flexibility index (Phi) is 4.00. The minimum atomic E-state index is 0.101. The number of benzene rings is 2. The summed E-state index contributed by atoms with van der Waals surface area (Å²) in [5, 5.41) is 9.21. The maximum Gasteiger partial charge on any atom is 0.0684 e. The summed E-state index contributed by atoms with van der Waals surface area (Å²) in [4.78, 5) is 2.26. The van der Waals surface area contributed by atoms with Crippen molar-refractivity contribution in [2.75, 3.05) is 11.4 Å². The molecule has 0 aliphatic heterocycles. The Hall–Kier alpha value is -1.80. The Morgan fingerprint density at radius 1 is 1.00 bits per heavy atom. The van der Waals surface area contributed by atoms with Crippen LogP contribution in [0.25, 0.3) is 0 Å². The second-order valence-electron chi connectivity index (χ2n) is 4.35. The van der Waals surface area contributed by atoms with E-state index < -0.39 is 0 Å². The number of aliphatic hydroxyl groups excluding tert-OH is 1. The predicted molar refractivity (Wildman–Crippen MR) is 76.2 cm³/mol. The van der Waals surface area contributed by atoms with Crippen LogP contribution < -0.4 is 4.90 Å². The monoisotopic (exact) mass is 241 g/mol. The van der Waals surface area contributed by atoms with E-state index in [2.05, 4.69) is 36.1 Å². The molecular formula is C16H19NO. The van der Waals surface area contributed by atoms with Gasteiger partial charge in [0.05, 0.1) is 6.61 Å². The number of hydrogen-bond acceptors (Lipinski definition) is 2. The van der Waals surface area contributed by atoms with E-state index in [-0.39, 0.29) is 6.61 Å². The second kappa shape index (κ2) is 5.69. The first-order valence-electron chi connectivity index (χ1n) is 6.29. The van der Waals surface area contributed by atoms with Crippen LogP contribution in [0, 0.1) is 6.92 Å². The smallest absolute Gasteiger partial charge is 0.0684 e. The van der Waals surface area contributed by atoms with Gasteiger partial charge >= 0.3 is 0 Å². The fourth-order valence-electron chi connectivity index (χ4n) is 2.15. The summed E-state index contributed by atoms with van der Waals surface area (Å²) >= 11 is 0. The molecule has 0 aromatic heterocycles. The minimum absolute atomic E-state index is 0.101. The van der Waals surface area contributed by atoms with E-state index in [4.69, 9.17) is 0 Å². The van der Waals surface area contributed by atoms with Crippen LogP contribution in [0.2, 0.25) is 0 Å². The number of para-hydroxylation sites is 1. The molecule has 0 radical (unpaired) electrons. The van der Waals surface area contributed by atoms with E-state index in [0.717, 1.165) is 17.7 Å². The Morgan fingerprint density at radius 2 is 1.72 bits per heavy atom. The molecule has 0 heterocycles. The highest BCUT2D eigenvalue weighted by atomic mass is 16.3. The molecule has 2 aromatic rings. The summed E-state index contributed by atoms with van der Waals surface area (Å²) in [6.45, 7) is 5.20. The highest BCUT2D eigenvalue weighted by Crippen LogP contribution is 2.26. The van der Waals surface area contributed by atoms with Crippen molar-refractivity contribution in [1.29, 1.82) is 0 Å². The molecule has 2 nitrogen and oxygen atoms in total. The SMILES string of the molecule is CCN(c1ccccc1)c1ccc(CO)c(C)c1. The third-order valence-electron chi connectivity index (χ3n) is 3.19. The van der Waals surface area contributed by atoms with Crippen LogP contribution in [0.3, 0.4) is 0 Å². The van der Waals surface area contributed by atoms with Crippen molar-refractivity contribution in [3.8, 4) is 0 Å². The van der Waals surface area contributed by atoms with Gasteiger partial charge < -0.3 is 10.0 Å². The molecule has 0 saturated carbocycles. The van der Waals surface area contributed by atoms with Crippen LogP contribution in [0.15, 0.2) is 48.5 Å². The lowest BCUT2D eigenvalue weighted by Crippen LogP contribution is -2.16. The van der Waals surface area contributed by atoms with E-state index in [0.29, 0.717) is 0 Å². The van der Waals surface area contributed by atoms with Crippen LogP contribution >= 0.6 is 0 Å². The molecule has 0 spiro atoms. The van der Waals surface area contributed by atoms with Crippen molar-refractivity contribution >= 4 is 11.4 Å². The molecule has 0 amide bonds. The fourth-order valence-corrected chi connectivity index (χ4v) is 2.15. The van der Waals surface area contributed by atoms with Gasteiger partial charge in [-0.05, 0) is 49.2 Å². The van der Waals surface area contributed by atoms with Crippen LogP contribution in [-0.4, -0.2) is 11.7 Å². The molecule has 2 aromatic carbocycles. The zero-order valence-electron chi connectivity index (χ0n) is 10.9. The Balaban J connectivity index is 2.37. The third-order valence-corrected chi connectivity index (χ3v) is 3.19. The van der Waals surface area contributed by atoms with Gasteiger partial charge in [0.25, 0.3) is 0 Å². The molecule has 94 valence electrons. The average Bonchev–Trinajstić information content (AvgIpc) is 2.41. The van der Waals surface area contributed by atoms with Gasteiger partial charge in [-0.15, -0.1) is 0 Å². The van der Waals surface area contributed by atoms with E-state index in [1.165, 1.54) is 11.4 Å². The van der Waals surface area contributed by atoms with Crippen molar-refractivity contribution in [2.45, 2.75) is 20.5 Å². The van der Waals surface area contributed by atoms with E-state index in [1.54, 1.807) is 0 Å². The van der Waals surface area contributed by atoms with Gasteiger partial charge in [-0.1, -0.05) is 24.3 Å². The number of aryl methyl sites for hydroxylation is 1. The van der Waals surface area contributed by atoms with E-state index >= 15 is 0 Å². The van der Waals surface area contributed by atoms with Crippen molar-refractivity contribution < 1.29 is 5.11 Å². The number of aliphatic hydroxyl groups is 1. The molecule has 0 atom stereocenters. The van der Waals surface area contributed by atoms with Gasteiger partial charge in [-0.25, -0.2) is 0 Å². The number of nitrogens with zero attached hydrogens (tertiary/aromatic N) is 1. The van der Waals surface area contributed by atoms with Gasteiger partial charge in [0.2, 0.25) is 0 Å². The Labute approximate surface area is 109 Å². The lowest BCUT2D eigenvalue weighted by Gasteiger charge is -2.24. The summed E-state index contributed by atoms with van der Waals surface area (Å²) in [5.74, 6) is 0. The van der Waals surface area contributed by atoms with Crippen LogP contribution in [0.5, 0.6) is 0 Å². The normalized spacial score (nSPS) is 10.4. The van der Waals surface area contributed by atoms with Crippen LogP contribution in [0.1, 0.15) is 18.1 Å². The zero-order chi connectivity index (χ0) is 13.0. The van der Waals surface area contributed by atoms with Crippen LogP contribution in [0.4, 0.5) is 11.4 Å². The summed E-state index contributed by atoms with van der Waals surface area (Å²) in [6, 6.07) is 16.5. The summed E-state index contributed by atoms with van der Waals surface area (Å²) < 4.78 is 0. The molecule has 1 N–H and O–H groups in total. The Bertz CT molecular complexity index is 508. The molecule has 0 aliphatic carbocycles. The third kappa shape index (κ3) is 2.54. The molecule has 2 heteroatoms. The van der Waals surface area contributed by atoms with Gasteiger partial charge in [0.1, 0.15) is 0 Å². The van der Waals surface area contributed by atoms with E-state index in [1.807, 2.05) is 31.2 Å². The van der Waals surface area contributed by atoms with Crippen LogP contribution in [-0.2, 0) is 6.61 Å². The average molecular weight is 241 g/mol. The molecule has 0 fully saturated rings. The van der Waals surface area contributed by atoms with E-state index in [9.17, 15) is 5.11 Å². The van der Waals surface area contributed by atoms with Gasteiger partial charge in [-0.2, -0.15) is 0 Å². The molecule has 0 saturated heterocycles. The first-order valence-corrected chi connectivity index (χ1v) is 6.29.